The van der Waals surface area contributed by atoms with Crippen molar-refractivity contribution < 1.29 is 9.47 Å². The predicted octanol–water partition coefficient (Wildman–Crippen LogP) is 4.07. The van der Waals surface area contributed by atoms with Crippen LogP contribution in [0.25, 0.3) is 0 Å². The summed E-state index contributed by atoms with van der Waals surface area (Å²) >= 11 is 3.62. The molecule has 1 heterocycles. The van der Waals surface area contributed by atoms with Gasteiger partial charge in [0, 0.05) is 23.6 Å². The van der Waals surface area contributed by atoms with Gasteiger partial charge < -0.3 is 9.47 Å². The maximum atomic E-state index is 6.30. The third-order valence-electron chi connectivity index (χ3n) is 4.84. The van der Waals surface area contributed by atoms with Crippen molar-refractivity contribution in [2.45, 2.75) is 44.2 Å². The molecule has 0 aromatic heterocycles. The van der Waals surface area contributed by atoms with Crippen LogP contribution in [0.4, 0.5) is 0 Å². The molecular formula is C18H27BrClNO2. The molecule has 2 aliphatic rings. The number of halogens is 2. The van der Waals surface area contributed by atoms with E-state index < -0.39 is 0 Å². The summed E-state index contributed by atoms with van der Waals surface area (Å²) in [5.41, 5.74) is 1.33. The van der Waals surface area contributed by atoms with Crippen molar-refractivity contribution in [3.63, 3.8) is 0 Å². The maximum Gasteiger partial charge on any atom is 0.0730 e. The zero-order valence-electron chi connectivity index (χ0n) is 13.6. The van der Waals surface area contributed by atoms with E-state index in [0.717, 1.165) is 39.3 Å². The lowest BCUT2D eigenvalue weighted by Crippen LogP contribution is -2.51. The second-order valence-corrected chi connectivity index (χ2v) is 7.11. The first-order valence-electron chi connectivity index (χ1n) is 8.51. The highest BCUT2D eigenvalue weighted by atomic mass is 79.9. The van der Waals surface area contributed by atoms with E-state index >= 15 is 0 Å². The third kappa shape index (κ3) is 5.43. The number of ether oxygens (including phenoxy) is 2. The summed E-state index contributed by atoms with van der Waals surface area (Å²) < 4.78 is 13.0. The second kappa shape index (κ2) is 10.00. The lowest BCUT2D eigenvalue weighted by molar-refractivity contribution is -0.0647. The molecule has 1 aliphatic heterocycles. The average molecular weight is 405 g/mol. The van der Waals surface area contributed by atoms with Crippen LogP contribution < -0.4 is 0 Å². The molecule has 0 unspecified atom stereocenters. The van der Waals surface area contributed by atoms with Crippen LogP contribution in [0.3, 0.4) is 0 Å². The number of benzene rings is 1. The van der Waals surface area contributed by atoms with E-state index in [9.17, 15) is 0 Å². The number of hydrogen-bond donors (Lipinski definition) is 0. The molecule has 0 amide bonds. The van der Waals surface area contributed by atoms with E-state index in [1.807, 2.05) is 0 Å². The van der Waals surface area contributed by atoms with Crippen LogP contribution in [0, 0.1) is 0 Å². The van der Waals surface area contributed by atoms with Crippen molar-refractivity contribution in [2.24, 2.45) is 0 Å². The molecule has 3 rings (SSSR count). The van der Waals surface area contributed by atoms with Gasteiger partial charge in [-0.1, -0.05) is 47.0 Å². The van der Waals surface area contributed by atoms with Crippen molar-refractivity contribution in [2.75, 3.05) is 32.9 Å². The lowest BCUT2D eigenvalue weighted by atomic mass is 9.91. The van der Waals surface area contributed by atoms with Crippen molar-refractivity contribution >= 4 is 28.3 Å². The Hall–Kier alpha value is -0.130. The molecule has 1 saturated carbocycles. The topological polar surface area (TPSA) is 21.7 Å². The molecule has 130 valence electrons. The molecule has 1 saturated heterocycles. The molecule has 0 bridgehead atoms. The van der Waals surface area contributed by atoms with Crippen LogP contribution in [-0.2, 0) is 15.9 Å². The Kier molecular flexibility index (Phi) is 8.34. The first kappa shape index (κ1) is 19.2. The van der Waals surface area contributed by atoms with E-state index in [4.69, 9.17) is 9.47 Å². The summed E-state index contributed by atoms with van der Waals surface area (Å²) in [7, 11) is 0. The fourth-order valence-corrected chi connectivity index (χ4v) is 4.10. The van der Waals surface area contributed by atoms with E-state index in [0.29, 0.717) is 12.1 Å². The minimum Gasteiger partial charge on any atom is -0.379 e. The van der Waals surface area contributed by atoms with E-state index in [-0.39, 0.29) is 12.4 Å². The van der Waals surface area contributed by atoms with Crippen molar-refractivity contribution in [1.29, 1.82) is 0 Å². The quantitative estimate of drug-likeness (QED) is 0.738. The van der Waals surface area contributed by atoms with Crippen LogP contribution in [0.1, 0.15) is 31.2 Å². The molecule has 5 heteroatoms. The normalized spacial score (nSPS) is 25.8. The van der Waals surface area contributed by atoms with E-state index in [1.54, 1.807) is 0 Å². The standard InChI is InChI=1S/C18H26BrNO2.ClH/c19-16-6-2-1-5-15(16)9-12-22-18-8-4-3-7-17(18)20-10-13-21-14-11-20;/h1-2,5-6,17-18H,3-4,7-14H2;1H/t17-,18-;/m1./s1. The highest BCUT2D eigenvalue weighted by Gasteiger charge is 2.31. The number of nitrogens with zero attached hydrogens (tertiary/aromatic N) is 1. The number of rotatable bonds is 5. The molecule has 0 spiro atoms. The summed E-state index contributed by atoms with van der Waals surface area (Å²) in [6, 6.07) is 9.03. The minimum atomic E-state index is 0. The lowest BCUT2D eigenvalue weighted by Gasteiger charge is -2.41. The predicted molar refractivity (Wildman–Crippen MR) is 99.5 cm³/mol. The summed E-state index contributed by atoms with van der Waals surface area (Å²) in [5.74, 6) is 0. The molecule has 0 N–H and O–H groups in total. The van der Waals surface area contributed by atoms with Gasteiger partial charge in [-0.3, -0.25) is 4.90 Å². The molecule has 23 heavy (non-hydrogen) atoms. The molecule has 1 aromatic rings. The fourth-order valence-electron chi connectivity index (χ4n) is 3.62. The SMILES string of the molecule is Brc1ccccc1CCO[C@@H]1CCCC[C@H]1N1CCOCC1.Cl. The molecule has 1 aliphatic carbocycles. The molecular weight excluding hydrogens is 378 g/mol. The van der Waals surface area contributed by atoms with Gasteiger partial charge in [-0.05, 0) is 30.9 Å². The van der Waals surface area contributed by atoms with Gasteiger partial charge in [0.15, 0.2) is 0 Å². The van der Waals surface area contributed by atoms with Gasteiger partial charge in [0.25, 0.3) is 0 Å². The first-order valence-corrected chi connectivity index (χ1v) is 9.31. The Morgan fingerprint density at radius 3 is 2.65 bits per heavy atom. The highest BCUT2D eigenvalue weighted by Crippen LogP contribution is 2.27. The Morgan fingerprint density at radius 2 is 1.87 bits per heavy atom. The van der Waals surface area contributed by atoms with Crippen LogP contribution in [0.2, 0.25) is 0 Å². The number of morpholine rings is 1. The molecule has 2 fully saturated rings. The van der Waals surface area contributed by atoms with Crippen LogP contribution in [0.15, 0.2) is 28.7 Å². The average Bonchev–Trinajstić information content (AvgIpc) is 2.58. The Labute approximate surface area is 154 Å². The van der Waals surface area contributed by atoms with Crippen LogP contribution >= 0.6 is 28.3 Å². The van der Waals surface area contributed by atoms with Gasteiger partial charge in [0.2, 0.25) is 0 Å². The Morgan fingerprint density at radius 1 is 1.13 bits per heavy atom. The van der Waals surface area contributed by atoms with Crippen LogP contribution in [0.5, 0.6) is 0 Å². The molecule has 0 radical (unpaired) electrons. The first-order chi connectivity index (χ1) is 10.8. The molecule has 1 aromatic carbocycles. The zero-order chi connectivity index (χ0) is 15.2. The van der Waals surface area contributed by atoms with E-state index in [1.165, 1.54) is 35.7 Å². The maximum absolute atomic E-state index is 6.30. The Bertz CT molecular complexity index is 468. The second-order valence-electron chi connectivity index (χ2n) is 6.25. The van der Waals surface area contributed by atoms with Gasteiger partial charge in [-0.2, -0.15) is 0 Å². The van der Waals surface area contributed by atoms with Crippen molar-refractivity contribution in [3.05, 3.63) is 34.3 Å². The minimum absolute atomic E-state index is 0. The van der Waals surface area contributed by atoms with Crippen LogP contribution in [-0.4, -0.2) is 50.0 Å². The third-order valence-corrected chi connectivity index (χ3v) is 5.62. The molecule has 2 atom stereocenters. The fraction of sp³-hybridized carbons (Fsp3) is 0.667. The van der Waals surface area contributed by atoms with Crippen molar-refractivity contribution in [1.82, 2.24) is 4.90 Å². The van der Waals surface area contributed by atoms with Gasteiger partial charge in [0.05, 0.1) is 25.9 Å². The van der Waals surface area contributed by atoms with Crippen molar-refractivity contribution in [3.8, 4) is 0 Å². The Balaban J connectivity index is 0.00000192. The summed E-state index contributed by atoms with van der Waals surface area (Å²) in [6.45, 7) is 4.69. The summed E-state index contributed by atoms with van der Waals surface area (Å²) in [4.78, 5) is 2.59. The summed E-state index contributed by atoms with van der Waals surface area (Å²) in [5, 5.41) is 0. The smallest absolute Gasteiger partial charge is 0.0730 e. The zero-order valence-corrected chi connectivity index (χ0v) is 16.0. The van der Waals surface area contributed by atoms with Gasteiger partial charge in [-0.25, -0.2) is 0 Å². The molecule has 3 nitrogen and oxygen atoms in total. The van der Waals surface area contributed by atoms with Gasteiger partial charge >= 0.3 is 0 Å². The van der Waals surface area contributed by atoms with E-state index in [2.05, 4.69) is 45.1 Å². The van der Waals surface area contributed by atoms with Gasteiger partial charge in [0.1, 0.15) is 0 Å². The van der Waals surface area contributed by atoms with Gasteiger partial charge in [-0.15, -0.1) is 12.4 Å². The number of hydrogen-bond acceptors (Lipinski definition) is 3. The summed E-state index contributed by atoms with van der Waals surface area (Å²) in [6.07, 6.45) is 6.51. The monoisotopic (exact) mass is 403 g/mol. The highest BCUT2D eigenvalue weighted by molar-refractivity contribution is 9.10. The largest absolute Gasteiger partial charge is 0.379 e.